The van der Waals surface area contributed by atoms with Crippen LogP contribution in [-0.4, -0.2) is 41.6 Å². The van der Waals surface area contributed by atoms with Gasteiger partial charge in [-0.2, -0.15) is 0 Å². The number of hydrogen-bond donors (Lipinski definition) is 2. The number of para-hydroxylation sites is 1. The molecule has 0 aliphatic rings. The van der Waals surface area contributed by atoms with Crippen LogP contribution in [0.1, 0.15) is 34.6 Å². The zero-order chi connectivity index (χ0) is 21.7. The first-order valence-electron chi connectivity index (χ1n) is 9.39. The van der Waals surface area contributed by atoms with Gasteiger partial charge in [-0.05, 0) is 30.5 Å². The smallest absolute Gasteiger partial charge is 0.247 e. The molecule has 30 heavy (non-hydrogen) atoms. The Kier molecular flexibility index (Phi) is 6.96. The molecule has 0 fully saturated rings. The Hall–Kier alpha value is -2.62. The van der Waals surface area contributed by atoms with Gasteiger partial charge in [0.25, 0.3) is 0 Å². The number of hydrogen-bond acceptors (Lipinski definition) is 7. The number of nitrogens with zero attached hydrogens (tertiary/aromatic N) is 1. The predicted molar refractivity (Wildman–Crippen MR) is 116 cm³/mol. The maximum absolute atomic E-state index is 12.8. The summed E-state index contributed by atoms with van der Waals surface area (Å²) < 4.78 is 26.6. The largest absolute Gasteiger partial charge is 0.382 e. The van der Waals surface area contributed by atoms with Gasteiger partial charge in [0, 0.05) is 6.42 Å². The molecule has 0 saturated heterocycles. The van der Waals surface area contributed by atoms with Gasteiger partial charge < -0.3 is 10.8 Å². The van der Waals surface area contributed by atoms with E-state index in [-0.39, 0.29) is 30.8 Å². The molecular weight excluding hydrogens is 424 g/mol. The summed E-state index contributed by atoms with van der Waals surface area (Å²) in [4.78, 5) is 28.3. The van der Waals surface area contributed by atoms with Crippen LogP contribution in [0.5, 0.6) is 0 Å². The zero-order valence-corrected chi connectivity index (χ0v) is 17.7. The number of primary amides is 1. The van der Waals surface area contributed by atoms with E-state index in [1.807, 2.05) is 24.3 Å². The molecule has 1 heterocycles. The van der Waals surface area contributed by atoms with E-state index in [2.05, 4.69) is 4.98 Å². The zero-order valence-electron chi connectivity index (χ0n) is 16.1. The van der Waals surface area contributed by atoms with Crippen molar-refractivity contribution in [2.75, 3.05) is 0 Å². The fraction of sp³-hybridized carbons (Fsp3) is 0.286. The van der Waals surface area contributed by atoms with E-state index in [4.69, 9.17) is 5.73 Å². The highest BCUT2D eigenvalue weighted by molar-refractivity contribution is 7.91. The predicted octanol–water partition coefficient (Wildman–Crippen LogP) is 2.48. The minimum absolute atomic E-state index is 0.0582. The van der Waals surface area contributed by atoms with Crippen molar-refractivity contribution in [1.82, 2.24) is 4.98 Å². The Labute approximate surface area is 178 Å². The standard InChI is InChI=1S/C21H22N2O5S2/c22-20(26)19(25)18(30(27,28)13-14-7-2-1-3-8-14)12-6-10-16(24)21-23-15-9-4-5-11-17(15)29-21/h1-5,7-9,11,18-19,25H,6,10,12-13H2,(H2,22,26). The third-order valence-electron chi connectivity index (χ3n) is 4.74. The van der Waals surface area contributed by atoms with Crippen LogP contribution < -0.4 is 5.73 Å². The minimum atomic E-state index is -3.88. The average Bonchev–Trinajstić information content (AvgIpc) is 3.15. The lowest BCUT2D eigenvalue weighted by molar-refractivity contribution is -0.126. The number of aromatic nitrogens is 1. The molecular formula is C21H22N2O5S2. The molecule has 3 N–H and O–H groups in total. The first-order valence-corrected chi connectivity index (χ1v) is 11.9. The molecule has 2 unspecified atom stereocenters. The monoisotopic (exact) mass is 446 g/mol. The van der Waals surface area contributed by atoms with Crippen molar-refractivity contribution in [3.63, 3.8) is 0 Å². The van der Waals surface area contributed by atoms with Crippen molar-refractivity contribution >= 4 is 43.1 Å². The number of sulfone groups is 1. The Bertz CT molecular complexity index is 1110. The highest BCUT2D eigenvalue weighted by Crippen LogP contribution is 2.24. The first kappa shape index (κ1) is 22.1. The molecule has 3 rings (SSSR count). The van der Waals surface area contributed by atoms with Crippen molar-refractivity contribution in [2.24, 2.45) is 5.73 Å². The number of thiazole rings is 1. The van der Waals surface area contributed by atoms with Crippen LogP contribution in [0.2, 0.25) is 0 Å². The van der Waals surface area contributed by atoms with Crippen molar-refractivity contribution in [1.29, 1.82) is 0 Å². The fourth-order valence-electron chi connectivity index (χ4n) is 3.19. The summed E-state index contributed by atoms with van der Waals surface area (Å²) in [7, 11) is -3.88. The number of carbonyl (C=O) groups excluding carboxylic acids is 2. The summed E-state index contributed by atoms with van der Waals surface area (Å²) in [5.41, 5.74) is 6.44. The number of aliphatic hydroxyl groups excluding tert-OH is 1. The van der Waals surface area contributed by atoms with Crippen LogP contribution in [0, 0.1) is 0 Å². The summed E-state index contributed by atoms with van der Waals surface area (Å²) in [6, 6.07) is 15.9. The van der Waals surface area contributed by atoms with Gasteiger partial charge in [-0.1, -0.05) is 42.5 Å². The van der Waals surface area contributed by atoms with Gasteiger partial charge in [0.05, 0.1) is 21.2 Å². The molecule has 2 atom stereocenters. The highest BCUT2D eigenvalue weighted by Gasteiger charge is 2.35. The first-order chi connectivity index (χ1) is 14.3. The molecule has 1 aromatic heterocycles. The van der Waals surface area contributed by atoms with Crippen LogP contribution in [-0.2, 0) is 20.4 Å². The number of aliphatic hydroxyl groups is 1. The number of nitrogens with two attached hydrogens (primary N) is 1. The van der Waals surface area contributed by atoms with Crippen molar-refractivity contribution in [2.45, 2.75) is 36.4 Å². The molecule has 7 nitrogen and oxygen atoms in total. The summed E-state index contributed by atoms with van der Waals surface area (Å²) in [6.07, 6.45) is -1.66. The lowest BCUT2D eigenvalue weighted by Crippen LogP contribution is -2.43. The van der Waals surface area contributed by atoms with E-state index in [9.17, 15) is 23.1 Å². The molecule has 3 aromatic rings. The maximum Gasteiger partial charge on any atom is 0.247 e. The van der Waals surface area contributed by atoms with E-state index < -0.39 is 27.1 Å². The number of benzene rings is 2. The van der Waals surface area contributed by atoms with Gasteiger partial charge in [-0.3, -0.25) is 9.59 Å². The highest BCUT2D eigenvalue weighted by atomic mass is 32.2. The third kappa shape index (κ3) is 5.29. The second kappa shape index (κ2) is 9.46. The second-order valence-electron chi connectivity index (χ2n) is 6.98. The van der Waals surface area contributed by atoms with E-state index in [1.54, 1.807) is 30.3 Å². The van der Waals surface area contributed by atoms with Crippen molar-refractivity contribution < 1.29 is 23.1 Å². The van der Waals surface area contributed by atoms with Crippen LogP contribution >= 0.6 is 11.3 Å². The Balaban J connectivity index is 1.69. The van der Waals surface area contributed by atoms with Gasteiger partial charge >= 0.3 is 0 Å². The number of rotatable bonds is 10. The van der Waals surface area contributed by atoms with Crippen LogP contribution in [0.15, 0.2) is 54.6 Å². The Morgan fingerprint density at radius 1 is 1.07 bits per heavy atom. The van der Waals surface area contributed by atoms with E-state index in [0.29, 0.717) is 10.6 Å². The van der Waals surface area contributed by atoms with E-state index in [1.165, 1.54) is 11.3 Å². The number of Topliss-reactive ketones (excluding diaryl/α,β-unsaturated/α-hetero) is 1. The van der Waals surface area contributed by atoms with Crippen molar-refractivity contribution in [3.05, 3.63) is 65.2 Å². The summed E-state index contributed by atoms with van der Waals surface area (Å²) in [5, 5.41) is 9.11. The minimum Gasteiger partial charge on any atom is -0.382 e. The van der Waals surface area contributed by atoms with E-state index in [0.717, 1.165) is 10.2 Å². The normalized spacial score (nSPS) is 13.8. The third-order valence-corrected chi connectivity index (χ3v) is 7.97. The van der Waals surface area contributed by atoms with Crippen LogP contribution in [0.4, 0.5) is 0 Å². The number of amides is 1. The quantitative estimate of drug-likeness (QED) is 0.461. The van der Waals surface area contributed by atoms with Crippen LogP contribution in [0.3, 0.4) is 0 Å². The summed E-state index contributed by atoms with van der Waals surface area (Å²) in [6.45, 7) is 0. The Morgan fingerprint density at radius 2 is 1.73 bits per heavy atom. The molecule has 0 saturated carbocycles. The molecule has 158 valence electrons. The van der Waals surface area contributed by atoms with Crippen LogP contribution in [0.25, 0.3) is 10.2 Å². The summed E-state index contributed by atoms with van der Waals surface area (Å²) >= 11 is 1.28. The fourth-order valence-corrected chi connectivity index (χ4v) is 6.05. The Morgan fingerprint density at radius 3 is 2.40 bits per heavy atom. The molecule has 0 bridgehead atoms. The number of carbonyl (C=O) groups is 2. The lowest BCUT2D eigenvalue weighted by Gasteiger charge is -2.21. The van der Waals surface area contributed by atoms with Crippen molar-refractivity contribution in [3.8, 4) is 0 Å². The number of fused-ring (bicyclic) bond motifs is 1. The summed E-state index contributed by atoms with van der Waals surface area (Å²) in [5.74, 6) is -1.63. The number of ketones is 1. The van der Waals surface area contributed by atoms with Gasteiger partial charge in [-0.25, -0.2) is 13.4 Å². The van der Waals surface area contributed by atoms with Gasteiger partial charge in [-0.15, -0.1) is 11.3 Å². The lowest BCUT2D eigenvalue weighted by atomic mass is 10.1. The topological polar surface area (TPSA) is 127 Å². The maximum atomic E-state index is 12.8. The van der Waals surface area contributed by atoms with Gasteiger partial charge in [0.2, 0.25) is 5.91 Å². The average molecular weight is 447 g/mol. The van der Waals surface area contributed by atoms with E-state index >= 15 is 0 Å². The molecule has 0 spiro atoms. The molecule has 0 radical (unpaired) electrons. The van der Waals surface area contributed by atoms with Gasteiger partial charge in [0.15, 0.2) is 20.6 Å². The van der Waals surface area contributed by atoms with Gasteiger partial charge in [0.1, 0.15) is 6.10 Å². The molecule has 1 amide bonds. The molecule has 0 aliphatic carbocycles. The molecule has 2 aromatic carbocycles. The second-order valence-corrected chi connectivity index (χ2v) is 10.2. The molecule has 0 aliphatic heterocycles. The SMILES string of the molecule is NC(=O)C(O)C(CCCC(=O)c1nc2ccccc2s1)S(=O)(=O)Cc1ccccc1. The molecule has 9 heteroatoms.